The van der Waals surface area contributed by atoms with Crippen LogP contribution in [0.2, 0.25) is 0 Å². The van der Waals surface area contributed by atoms with E-state index >= 15 is 0 Å². The number of nitrogens with one attached hydrogen (secondary N) is 1. The Bertz CT molecular complexity index is 1220. The predicted octanol–water partition coefficient (Wildman–Crippen LogP) is 5.03. The minimum absolute atomic E-state index is 0.0653. The van der Waals surface area contributed by atoms with Gasteiger partial charge in [0, 0.05) is 24.3 Å². The number of hydrogen-bond acceptors (Lipinski definition) is 5. The number of carbonyl (C=O) groups is 1. The number of rotatable bonds is 9. The molecule has 1 aliphatic rings. The SMILES string of the molecule is CCOCCOc1nc(-c2cccc(C(F)(F)F)c2)n(-c2cccc(NC(=O)C3(Cl)CC3F)c2)n1. The van der Waals surface area contributed by atoms with Crippen molar-refractivity contribution >= 4 is 23.2 Å². The van der Waals surface area contributed by atoms with Gasteiger partial charge in [0.15, 0.2) is 10.7 Å². The van der Waals surface area contributed by atoms with Crippen molar-refractivity contribution in [3.8, 4) is 23.1 Å². The summed E-state index contributed by atoms with van der Waals surface area (Å²) < 4.78 is 65.4. The summed E-state index contributed by atoms with van der Waals surface area (Å²) >= 11 is 5.95. The number of alkyl halides is 5. The Morgan fingerprint density at radius 3 is 2.66 bits per heavy atom. The summed E-state index contributed by atoms with van der Waals surface area (Å²) in [7, 11) is 0. The maximum absolute atomic E-state index is 13.4. The van der Waals surface area contributed by atoms with E-state index in [9.17, 15) is 22.4 Å². The molecule has 0 aliphatic heterocycles. The molecule has 35 heavy (non-hydrogen) atoms. The molecule has 2 unspecified atom stereocenters. The molecule has 0 radical (unpaired) electrons. The minimum atomic E-state index is -4.55. The maximum atomic E-state index is 13.4. The molecule has 1 aliphatic carbocycles. The van der Waals surface area contributed by atoms with Crippen LogP contribution < -0.4 is 10.1 Å². The average molecular weight is 513 g/mol. The van der Waals surface area contributed by atoms with Crippen LogP contribution >= 0.6 is 11.6 Å². The molecule has 1 heterocycles. The number of amides is 1. The summed E-state index contributed by atoms with van der Waals surface area (Å²) in [5.41, 5.74) is -0.0177. The highest BCUT2D eigenvalue weighted by Crippen LogP contribution is 2.46. The molecule has 0 bridgehead atoms. The van der Waals surface area contributed by atoms with Gasteiger partial charge in [0.25, 0.3) is 0 Å². The second kappa shape index (κ2) is 9.82. The van der Waals surface area contributed by atoms with E-state index in [0.717, 1.165) is 12.1 Å². The Morgan fingerprint density at radius 2 is 1.97 bits per heavy atom. The fourth-order valence-corrected chi connectivity index (χ4v) is 3.46. The van der Waals surface area contributed by atoms with Crippen molar-refractivity contribution in [1.29, 1.82) is 0 Å². The summed E-state index contributed by atoms with van der Waals surface area (Å²) in [6.45, 7) is 2.73. The lowest BCUT2D eigenvalue weighted by Gasteiger charge is -2.12. The highest BCUT2D eigenvalue weighted by Gasteiger charge is 2.60. The Balaban J connectivity index is 1.68. The lowest BCUT2D eigenvalue weighted by molar-refractivity contribution is -0.137. The molecule has 3 aromatic rings. The first kappa shape index (κ1) is 24.9. The van der Waals surface area contributed by atoms with E-state index in [1.54, 1.807) is 18.2 Å². The van der Waals surface area contributed by atoms with E-state index in [2.05, 4.69) is 15.4 Å². The molecule has 1 saturated carbocycles. The zero-order chi connectivity index (χ0) is 25.2. The first-order chi connectivity index (χ1) is 16.6. The van der Waals surface area contributed by atoms with Gasteiger partial charge in [-0.1, -0.05) is 18.2 Å². The maximum Gasteiger partial charge on any atom is 0.416 e. The van der Waals surface area contributed by atoms with Gasteiger partial charge in [-0.3, -0.25) is 4.79 Å². The Labute approximate surface area is 203 Å². The van der Waals surface area contributed by atoms with Crippen LogP contribution in [0, 0.1) is 0 Å². The van der Waals surface area contributed by atoms with Crippen LogP contribution in [0.1, 0.15) is 18.9 Å². The van der Waals surface area contributed by atoms with E-state index in [1.807, 2.05) is 6.92 Å². The van der Waals surface area contributed by atoms with E-state index < -0.39 is 28.7 Å². The van der Waals surface area contributed by atoms with Gasteiger partial charge < -0.3 is 14.8 Å². The number of carbonyl (C=O) groups excluding carboxylic acids is 1. The Kier molecular flexibility index (Phi) is 7.00. The largest absolute Gasteiger partial charge is 0.460 e. The molecule has 1 amide bonds. The quantitative estimate of drug-likeness (QED) is 0.247. The molecule has 7 nitrogen and oxygen atoms in total. The third kappa shape index (κ3) is 5.57. The molecule has 12 heteroatoms. The number of benzene rings is 2. The molecule has 1 fully saturated rings. The number of ether oxygens (including phenoxy) is 2. The van der Waals surface area contributed by atoms with Gasteiger partial charge in [-0.15, -0.1) is 16.7 Å². The van der Waals surface area contributed by atoms with E-state index in [4.69, 9.17) is 21.1 Å². The van der Waals surface area contributed by atoms with Crippen molar-refractivity contribution in [3.05, 3.63) is 54.1 Å². The summed E-state index contributed by atoms with van der Waals surface area (Å²) in [6, 6.07) is 10.9. The second-order valence-electron chi connectivity index (χ2n) is 7.79. The molecule has 1 N–H and O–H groups in total. The van der Waals surface area contributed by atoms with Gasteiger partial charge in [-0.05, 0) is 37.3 Å². The fourth-order valence-electron chi connectivity index (χ4n) is 3.28. The molecule has 2 aromatic carbocycles. The number of anilines is 1. The average Bonchev–Trinajstić information content (AvgIpc) is 3.25. The van der Waals surface area contributed by atoms with Crippen molar-refractivity contribution in [1.82, 2.24) is 14.8 Å². The summed E-state index contributed by atoms with van der Waals surface area (Å²) in [6.07, 6.45) is -6.05. The van der Waals surface area contributed by atoms with Crippen LogP contribution in [0.25, 0.3) is 17.1 Å². The summed E-state index contributed by atoms with van der Waals surface area (Å²) in [4.78, 5) is 15.0. The number of halogens is 5. The molecular formula is C23H21ClF4N4O3. The Morgan fingerprint density at radius 1 is 1.23 bits per heavy atom. The van der Waals surface area contributed by atoms with Crippen LogP contribution in [0.15, 0.2) is 48.5 Å². The van der Waals surface area contributed by atoms with Crippen LogP contribution in [0.4, 0.5) is 23.2 Å². The van der Waals surface area contributed by atoms with Gasteiger partial charge in [-0.2, -0.15) is 18.2 Å². The minimum Gasteiger partial charge on any atom is -0.460 e. The normalized spacial score (nSPS) is 19.4. The second-order valence-corrected chi connectivity index (χ2v) is 8.47. The lowest BCUT2D eigenvalue weighted by atomic mass is 10.1. The Hall–Kier alpha value is -3.18. The molecule has 4 rings (SSSR count). The zero-order valence-corrected chi connectivity index (χ0v) is 19.2. The third-order valence-electron chi connectivity index (χ3n) is 5.24. The van der Waals surface area contributed by atoms with Crippen molar-refractivity contribution in [2.45, 2.75) is 30.6 Å². The third-order valence-corrected chi connectivity index (χ3v) is 5.80. The molecule has 0 spiro atoms. The monoisotopic (exact) mass is 512 g/mol. The number of aromatic nitrogens is 3. The molecule has 2 atom stereocenters. The predicted molar refractivity (Wildman–Crippen MR) is 121 cm³/mol. The first-order valence-electron chi connectivity index (χ1n) is 10.7. The number of nitrogens with zero attached hydrogens (tertiary/aromatic N) is 3. The van der Waals surface area contributed by atoms with Gasteiger partial charge in [-0.25, -0.2) is 9.07 Å². The van der Waals surface area contributed by atoms with Crippen LogP contribution in [0.3, 0.4) is 0 Å². The van der Waals surface area contributed by atoms with E-state index in [1.165, 1.54) is 22.9 Å². The first-order valence-corrected chi connectivity index (χ1v) is 11.1. The molecule has 0 saturated heterocycles. The van der Waals surface area contributed by atoms with Crippen LogP contribution in [-0.4, -0.2) is 51.5 Å². The topological polar surface area (TPSA) is 78.3 Å². The van der Waals surface area contributed by atoms with Gasteiger partial charge in [0.1, 0.15) is 12.8 Å². The van der Waals surface area contributed by atoms with E-state index in [-0.39, 0.29) is 37.0 Å². The standard InChI is InChI=1S/C23H21ClF4N4O3/c1-2-34-9-10-35-21-30-19(14-5-3-6-15(11-14)23(26,27)28)32(31-21)17-8-4-7-16(12-17)29-20(33)22(24)13-18(22)25/h3-8,11-12,18H,2,9-10,13H2,1H3,(H,29,33). The highest BCUT2D eigenvalue weighted by molar-refractivity contribution is 6.39. The summed E-state index contributed by atoms with van der Waals surface area (Å²) in [5.74, 6) is -0.591. The fraction of sp³-hybridized carbons (Fsp3) is 0.348. The molecule has 1 aromatic heterocycles. The van der Waals surface area contributed by atoms with Gasteiger partial charge in [0.2, 0.25) is 5.91 Å². The van der Waals surface area contributed by atoms with E-state index in [0.29, 0.717) is 18.0 Å². The zero-order valence-electron chi connectivity index (χ0n) is 18.5. The van der Waals surface area contributed by atoms with Crippen molar-refractivity contribution in [2.24, 2.45) is 0 Å². The van der Waals surface area contributed by atoms with Crippen molar-refractivity contribution in [2.75, 3.05) is 25.1 Å². The molecular weight excluding hydrogens is 492 g/mol. The van der Waals surface area contributed by atoms with Crippen molar-refractivity contribution in [3.63, 3.8) is 0 Å². The van der Waals surface area contributed by atoms with Crippen LogP contribution in [0.5, 0.6) is 6.01 Å². The summed E-state index contributed by atoms with van der Waals surface area (Å²) in [5, 5.41) is 6.85. The lowest BCUT2D eigenvalue weighted by Crippen LogP contribution is -2.27. The molecule has 186 valence electrons. The highest BCUT2D eigenvalue weighted by atomic mass is 35.5. The van der Waals surface area contributed by atoms with Crippen molar-refractivity contribution < 1.29 is 31.8 Å². The van der Waals surface area contributed by atoms with Gasteiger partial charge in [0.05, 0.1) is 17.9 Å². The van der Waals surface area contributed by atoms with Gasteiger partial charge >= 0.3 is 12.2 Å². The smallest absolute Gasteiger partial charge is 0.416 e. The van der Waals surface area contributed by atoms with Crippen LogP contribution in [-0.2, 0) is 15.7 Å². The number of hydrogen-bond donors (Lipinski definition) is 1.